The van der Waals surface area contributed by atoms with Crippen LogP contribution in [0, 0.1) is 0 Å². The van der Waals surface area contributed by atoms with Crippen LogP contribution in [0.5, 0.6) is 0 Å². The average molecular weight is 302 g/mol. The van der Waals surface area contributed by atoms with Gasteiger partial charge in [0.15, 0.2) is 0 Å². The molecule has 1 N–H and O–H groups in total. The summed E-state index contributed by atoms with van der Waals surface area (Å²) in [5.41, 5.74) is 7.39. The van der Waals surface area contributed by atoms with Gasteiger partial charge in [0, 0.05) is 36.7 Å². The molecular weight excluding hydrogens is 280 g/mol. The van der Waals surface area contributed by atoms with Gasteiger partial charge in [0.05, 0.1) is 0 Å². The van der Waals surface area contributed by atoms with Crippen molar-refractivity contribution < 1.29 is 0 Å². The van der Waals surface area contributed by atoms with Gasteiger partial charge in [-0.25, -0.2) is 0 Å². The molecule has 5 rings (SSSR count). The van der Waals surface area contributed by atoms with Crippen LogP contribution in [0.1, 0.15) is 34.9 Å². The molecule has 0 unspecified atom stereocenters. The second kappa shape index (κ2) is 4.97. The SMILES string of the molecule is CN1C[C@H](c2ccccc2)C=C2c3cccc4c3[C@@H](CN4)C[C@H]21. The van der Waals surface area contributed by atoms with Gasteiger partial charge in [-0.3, -0.25) is 4.90 Å². The van der Waals surface area contributed by atoms with Crippen molar-refractivity contribution in [3.63, 3.8) is 0 Å². The Kier molecular flexibility index (Phi) is 2.89. The highest BCUT2D eigenvalue weighted by molar-refractivity contribution is 5.81. The first kappa shape index (κ1) is 13.4. The number of hydrogen-bond acceptors (Lipinski definition) is 2. The van der Waals surface area contributed by atoms with Gasteiger partial charge in [-0.2, -0.15) is 0 Å². The molecule has 0 aromatic heterocycles. The maximum absolute atomic E-state index is 3.60. The predicted octanol–water partition coefficient (Wildman–Crippen LogP) is 4.08. The minimum absolute atomic E-state index is 0.495. The molecule has 1 aliphatic carbocycles. The van der Waals surface area contributed by atoms with E-state index in [4.69, 9.17) is 0 Å². The molecule has 0 saturated heterocycles. The molecule has 0 bridgehead atoms. The van der Waals surface area contributed by atoms with E-state index in [0.29, 0.717) is 17.9 Å². The lowest BCUT2D eigenvalue weighted by molar-refractivity contribution is 0.247. The van der Waals surface area contributed by atoms with Gasteiger partial charge < -0.3 is 5.32 Å². The minimum atomic E-state index is 0.495. The summed E-state index contributed by atoms with van der Waals surface area (Å²) in [5, 5.41) is 3.60. The van der Waals surface area contributed by atoms with Crippen LogP contribution in [-0.2, 0) is 0 Å². The summed E-state index contributed by atoms with van der Waals surface area (Å²) in [6.45, 7) is 2.22. The number of fused-ring (bicyclic) bond motifs is 2. The lowest BCUT2D eigenvalue weighted by atomic mass is 9.74. The fraction of sp³-hybridized carbons (Fsp3) is 0.333. The number of benzene rings is 2. The van der Waals surface area contributed by atoms with Gasteiger partial charge in [0.25, 0.3) is 0 Å². The molecule has 2 heteroatoms. The molecule has 3 atom stereocenters. The second-order valence-corrected chi connectivity index (χ2v) is 7.17. The lowest BCUT2D eigenvalue weighted by Gasteiger charge is -2.42. The zero-order chi connectivity index (χ0) is 15.4. The molecule has 0 spiro atoms. The number of likely N-dealkylation sites (N-methyl/N-ethyl adjacent to an activating group) is 1. The molecule has 0 fully saturated rings. The van der Waals surface area contributed by atoms with Crippen molar-refractivity contribution in [1.82, 2.24) is 4.90 Å². The fourth-order valence-corrected chi connectivity index (χ4v) is 4.75. The molecule has 0 saturated carbocycles. The number of nitrogens with one attached hydrogen (secondary N) is 1. The van der Waals surface area contributed by atoms with E-state index < -0.39 is 0 Å². The van der Waals surface area contributed by atoms with Crippen LogP contribution in [0.3, 0.4) is 0 Å². The van der Waals surface area contributed by atoms with Crippen molar-refractivity contribution in [2.75, 3.05) is 25.5 Å². The van der Waals surface area contributed by atoms with Crippen LogP contribution in [0.15, 0.2) is 54.6 Å². The first-order valence-corrected chi connectivity index (χ1v) is 8.65. The van der Waals surface area contributed by atoms with Crippen LogP contribution >= 0.6 is 0 Å². The van der Waals surface area contributed by atoms with Crippen LogP contribution in [0.25, 0.3) is 5.57 Å². The van der Waals surface area contributed by atoms with Gasteiger partial charge >= 0.3 is 0 Å². The maximum atomic E-state index is 3.60. The maximum Gasteiger partial charge on any atom is 0.0382 e. The van der Waals surface area contributed by atoms with Crippen molar-refractivity contribution in [2.24, 2.45) is 0 Å². The number of rotatable bonds is 1. The van der Waals surface area contributed by atoms with Crippen molar-refractivity contribution in [2.45, 2.75) is 24.3 Å². The summed E-state index contributed by atoms with van der Waals surface area (Å²) in [7, 11) is 2.30. The standard InChI is InChI=1S/C21H22N2/c1-23-13-16(14-6-3-2-4-7-14)10-18-17-8-5-9-19-21(17)15(12-22-19)11-20(18)23/h2-10,15-16,20,22H,11-13H2,1H3/t15-,16-,20-/m1/s1. The van der Waals surface area contributed by atoms with Gasteiger partial charge in [-0.15, -0.1) is 0 Å². The Balaban J connectivity index is 1.65. The van der Waals surface area contributed by atoms with Crippen LogP contribution < -0.4 is 5.32 Å². The highest BCUT2D eigenvalue weighted by Crippen LogP contribution is 2.49. The summed E-state index contributed by atoms with van der Waals surface area (Å²) in [6.07, 6.45) is 3.80. The first-order valence-electron chi connectivity index (χ1n) is 8.65. The van der Waals surface area contributed by atoms with Crippen molar-refractivity contribution in [3.05, 3.63) is 71.3 Å². The third-order valence-electron chi connectivity index (χ3n) is 5.86. The monoisotopic (exact) mass is 302 g/mol. The van der Waals surface area contributed by atoms with Crippen molar-refractivity contribution in [1.29, 1.82) is 0 Å². The van der Waals surface area contributed by atoms with E-state index in [1.54, 1.807) is 11.1 Å². The quantitative estimate of drug-likeness (QED) is 0.854. The van der Waals surface area contributed by atoms with E-state index in [1.165, 1.54) is 23.2 Å². The first-order chi connectivity index (χ1) is 11.3. The zero-order valence-electron chi connectivity index (χ0n) is 13.5. The van der Waals surface area contributed by atoms with E-state index in [0.717, 1.165) is 13.1 Å². The van der Waals surface area contributed by atoms with E-state index >= 15 is 0 Å². The second-order valence-electron chi connectivity index (χ2n) is 7.17. The molecule has 2 aromatic rings. The molecule has 116 valence electrons. The van der Waals surface area contributed by atoms with Gasteiger partial charge in [-0.05, 0) is 41.8 Å². The molecule has 0 amide bonds. The molecular formula is C21H22N2. The van der Waals surface area contributed by atoms with Gasteiger partial charge in [-0.1, -0.05) is 48.5 Å². The largest absolute Gasteiger partial charge is 0.384 e. The molecule has 2 heterocycles. The summed E-state index contributed by atoms with van der Waals surface area (Å²) >= 11 is 0. The Hall–Kier alpha value is -2.06. The van der Waals surface area contributed by atoms with E-state index in [2.05, 4.69) is 71.9 Å². The molecule has 2 aliphatic heterocycles. The highest BCUT2D eigenvalue weighted by atomic mass is 15.1. The average Bonchev–Trinajstić information content (AvgIpc) is 3.01. The summed E-state index contributed by atoms with van der Waals surface area (Å²) in [4.78, 5) is 2.57. The number of hydrogen-bond donors (Lipinski definition) is 1. The predicted molar refractivity (Wildman–Crippen MR) is 95.9 cm³/mol. The van der Waals surface area contributed by atoms with Crippen LogP contribution in [-0.4, -0.2) is 31.1 Å². The zero-order valence-corrected chi connectivity index (χ0v) is 13.5. The number of anilines is 1. The molecule has 3 aliphatic rings. The Morgan fingerprint density at radius 1 is 1.04 bits per heavy atom. The van der Waals surface area contributed by atoms with Gasteiger partial charge in [0.2, 0.25) is 0 Å². The normalized spacial score (nSPS) is 28.6. The topological polar surface area (TPSA) is 15.3 Å². The summed E-state index contributed by atoms with van der Waals surface area (Å²) in [5.74, 6) is 1.17. The van der Waals surface area contributed by atoms with Crippen molar-refractivity contribution >= 4 is 11.3 Å². The smallest absolute Gasteiger partial charge is 0.0382 e. The molecule has 2 nitrogen and oxygen atoms in total. The third kappa shape index (κ3) is 1.98. The Labute approximate surface area is 137 Å². The van der Waals surface area contributed by atoms with Gasteiger partial charge in [0.1, 0.15) is 0 Å². The summed E-state index contributed by atoms with van der Waals surface area (Å²) in [6, 6.07) is 18.3. The van der Waals surface area contributed by atoms with E-state index in [-0.39, 0.29) is 0 Å². The van der Waals surface area contributed by atoms with E-state index in [9.17, 15) is 0 Å². The Morgan fingerprint density at radius 2 is 1.91 bits per heavy atom. The molecule has 0 radical (unpaired) electrons. The minimum Gasteiger partial charge on any atom is -0.384 e. The van der Waals surface area contributed by atoms with Crippen LogP contribution in [0.2, 0.25) is 0 Å². The summed E-state index contributed by atoms with van der Waals surface area (Å²) < 4.78 is 0. The van der Waals surface area contributed by atoms with E-state index in [1.807, 2.05) is 0 Å². The lowest BCUT2D eigenvalue weighted by Crippen LogP contribution is -2.42. The molecule has 2 aromatic carbocycles. The third-order valence-corrected chi connectivity index (χ3v) is 5.86. The Morgan fingerprint density at radius 3 is 2.78 bits per heavy atom. The van der Waals surface area contributed by atoms with Crippen molar-refractivity contribution in [3.8, 4) is 0 Å². The molecule has 23 heavy (non-hydrogen) atoms. The van der Waals surface area contributed by atoms with Crippen LogP contribution in [0.4, 0.5) is 5.69 Å². The number of nitrogens with zero attached hydrogens (tertiary/aromatic N) is 1. The fourth-order valence-electron chi connectivity index (χ4n) is 4.75. The Bertz CT molecular complexity index is 778. The highest BCUT2D eigenvalue weighted by Gasteiger charge is 2.39.